The first-order valence-electron chi connectivity index (χ1n) is 11.6. The quantitative estimate of drug-likeness (QED) is 0.570. The van der Waals surface area contributed by atoms with Crippen LogP contribution >= 0.6 is 0 Å². The van der Waals surface area contributed by atoms with E-state index in [1.807, 2.05) is 68.4 Å². The number of amides is 2. The predicted octanol–water partition coefficient (Wildman–Crippen LogP) is 3.90. The van der Waals surface area contributed by atoms with Crippen molar-refractivity contribution in [3.8, 4) is 5.75 Å². The minimum absolute atomic E-state index is 0.00504. The SMILES string of the molecule is COc1ccccc1C(CNC(=O)[C@@H](NC(=O)OCc1ccccc1)C(C)C)N1CCCC1. The summed E-state index contributed by atoms with van der Waals surface area (Å²) in [6.45, 7) is 6.36. The van der Waals surface area contributed by atoms with Crippen LogP contribution in [0.25, 0.3) is 0 Å². The first kappa shape index (κ1) is 24.6. The summed E-state index contributed by atoms with van der Waals surface area (Å²) >= 11 is 0. The molecule has 0 aromatic heterocycles. The Balaban J connectivity index is 1.62. The molecule has 7 heteroatoms. The lowest BCUT2D eigenvalue weighted by Gasteiger charge is -2.30. The summed E-state index contributed by atoms with van der Waals surface area (Å²) in [5.74, 6) is 0.498. The normalized spacial score (nSPS) is 15.6. The Morgan fingerprint density at radius 2 is 1.67 bits per heavy atom. The summed E-state index contributed by atoms with van der Waals surface area (Å²) in [6.07, 6.45) is 1.68. The largest absolute Gasteiger partial charge is 0.496 e. The van der Waals surface area contributed by atoms with Crippen molar-refractivity contribution in [2.75, 3.05) is 26.7 Å². The molecule has 7 nitrogen and oxygen atoms in total. The molecule has 3 rings (SSSR count). The van der Waals surface area contributed by atoms with Crippen molar-refractivity contribution in [1.82, 2.24) is 15.5 Å². The molecule has 1 saturated heterocycles. The first-order chi connectivity index (χ1) is 16.0. The highest BCUT2D eigenvalue weighted by Gasteiger charge is 2.29. The van der Waals surface area contributed by atoms with Crippen LogP contribution in [0.2, 0.25) is 0 Å². The zero-order chi connectivity index (χ0) is 23.6. The number of methoxy groups -OCH3 is 1. The van der Waals surface area contributed by atoms with Gasteiger partial charge in [0.25, 0.3) is 0 Å². The molecule has 2 N–H and O–H groups in total. The van der Waals surface area contributed by atoms with Gasteiger partial charge in [0.1, 0.15) is 18.4 Å². The maximum absolute atomic E-state index is 13.1. The Bertz CT molecular complexity index is 897. The predicted molar refractivity (Wildman–Crippen MR) is 128 cm³/mol. The third-order valence-electron chi connectivity index (χ3n) is 5.98. The fourth-order valence-electron chi connectivity index (χ4n) is 4.16. The van der Waals surface area contributed by atoms with E-state index in [4.69, 9.17) is 9.47 Å². The molecule has 2 atom stereocenters. The molecule has 1 heterocycles. The van der Waals surface area contributed by atoms with E-state index in [9.17, 15) is 9.59 Å². The van der Waals surface area contributed by atoms with Crippen molar-refractivity contribution < 1.29 is 19.1 Å². The number of nitrogens with zero attached hydrogens (tertiary/aromatic N) is 1. The van der Waals surface area contributed by atoms with Gasteiger partial charge in [0.2, 0.25) is 5.91 Å². The van der Waals surface area contributed by atoms with Gasteiger partial charge < -0.3 is 20.1 Å². The lowest BCUT2D eigenvalue weighted by atomic mass is 10.0. The number of rotatable bonds is 10. The zero-order valence-electron chi connectivity index (χ0n) is 19.8. The average molecular weight is 454 g/mol. The molecule has 33 heavy (non-hydrogen) atoms. The van der Waals surface area contributed by atoms with Crippen molar-refractivity contribution in [3.05, 3.63) is 65.7 Å². The van der Waals surface area contributed by atoms with Crippen LogP contribution in [0.1, 0.15) is 43.9 Å². The van der Waals surface area contributed by atoms with Gasteiger partial charge in [-0.25, -0.2) is 4.79 Å². The van der Waals surface area contributed by atoms with E-state index in [1.165, 1.54) is 0 Å². The van der Waals surface area contributed by atoms with Gasteiger partial charge in [0.05, 0.1) is 13.2 Å². The van der Waals surface area contributed by atoms with E-state index in [2.05, 4.69) is 15.5 Å². The van der Waals surface area contributed by atoms with Crippen molar-refractivity contribution >= 4 is 12.0 Å². The van der Waals surface area contributed by atoms with E-state index in [1.54, 1.807) is 7.11 Å². The average Bonchev–Trinajstić information content (AvgIpc) is 3.36. The number of ether oxygens (including phenoxy) is 2. The molecule has 0 spiro atoms. The topological polar surface area (TPSA) is 79.9 Å². The molecule has 0 radical (unpaired) electrons. The van der Waals surface area contributed by atoms with Gasteiger partial charge in [0, 0.05) is 12.1 Å². The van der Waals surface area contributed by atoms with Gasteiger partial charge in [0.15, 0.2) is 0 Å². The van der Waals surface area contributed by atoms with Crippen LogP contribution in [-0.4, -0.2) is 49.7 Å². The first-order valence-corrected chi connectivity index (χ1v) is 11.6. The number of hydrogen-bond donors (Lipinski definition) is 2. The zero-order valence-corrected chi connectivity index (χ0v) is 19.8. The Kier molecular flexibility index (Phi) is 9.13. The number of carbonyl (C=O) groups excluding carboxylic acids is 2. The van der Waals surface area contributed by atoms with Crippen molar-refractivity contribution in [2.45, 2.75) is 45.4 Å². The van der Waals surface area contributed by atoms with Crippen LogP contribution < -0.4 is 15.4 Å². The Morgan fingerprint density at radius 3 is 2.33 bits per heavy atom. The highest BCUT2D eigenvalue weighted by Crippen LogP contribution is 2.31. The van der Waals surface area contributed by atoms with Crippen LogP contribution in [0, 0.1) is 5.92 Å². The summed E-state index contributed by atoms with van der Waals surface area (Å²) in [4.78, 5) is 27.8. The monoisotopic (exact) mass is 453 g/mol. The van der Waals surface area contributed by atoms with E-state index in [0.29, 0.717) is 6.54 Å². The van der Waals surface area contributed by atoms with Crippen LogP contribution in [0.4, 0.5) is 4.79 Å². The maximum Gasteiger partial charge on any atom is 0.408 e. The standard InChI is InChI=1S/C26H35N3O4/c1-19(2)24(28-26(31)33-18-20-11-5-4-6-12-20)25(30)27-17-22(29-15-9-10-16-29)21-13-7-8-14-23(21)32-3/h4-8,11-14,19,22,24H,9-10,15-18H2,1-3H3,(H,27,30)(H,28,31)/t22?,24-/m0/s1. The number of nitrogens with one attached hydrogen (secondary N) is 2. The van der Waals surface area contributed by atoms with E-state index < -0.39 is 12.1 Å². The number of alkyl carbamates (subject to hydrolysis) is 1. The summed E-state index contributed by atoms with van der Waals surface area (Å²) in [5.41, 5.74) is 1.95. The molecular weight excluding hydrogens is 418 g/mol. The summed E-state index contributed by atoms with van der Waals surface area (Å²) in [6, 6.07) is 16.7. The molecule has 1 fully saturated rings. The molecular formula is C26H35N3O4. The van der Waals surface area contributed by atoms with Crippen LogP contribution in [-0.2, 0) is 16.1 Å². The van der Waals surface area contributed by atoms with E-state index >= 15 is 0 Å². The molecule has 2 amide bonds. The molecule has 1 aliphatic rings. The molecule has 0 bridgehead atoms. The van der Waals surface area contributed by atoms with Gasteiger partial charge in [-0.15, -0.1) is 0 Å². The summed E-state index contributed by atoms with van der Waals surface area (Å²) < 4.78 is 10.9. The maximum atomic E-state index is 13.1. The Hall–Kier alpha value is -3.06. The molecule has 0 saturated carbocycles. The van der Waals surface area contributed by atoms with E-state index in [0.717, 1.165) is 42.8 Å². The highest BCUT2D eigenvalue weighted by atomic mass is 16.5. The summed E-state index contributed by atoms with van der Waals surface area (Å²) in [5, 5.41) is 5.79. The lowest BCUT2D eigenvalue weighted by Crippen LogP contribution is -2.51. The Labute approximate surface area is 196 Å². The van der Waals surface area contributed by atoms with Crippen LogP contribution in [0.15, 0.2) is 54.6 Å². The van der Waals surface area contributed by atoms with Gasteiger partial charge in [-0.05, 0) is 43.5 Å². The second-order valence-corrected chi connectivity index (χ2v) is 8.67. The number of carbonyl (C=O) groups is 2. The Morgan fingerprint density at radius 1 is 1.00 bits per heavy atom. The second kappa shape index (κ2) is 12.3. The molecule has 2 aromatic carbocycles. The van der Waals surface area contributed by atoms with E-state index in [-0.39, 0.29) is 24.5 Å². The number of likely N-dealkylation sites (tertiary alicyclic amines) is 1. The summed E-state index contributed by atoms with van der Waals surface area (Å²) in [7, 11) is 1.66. The number of hydrogen-bond acceptors (Lipinski definition) is 5. The van der Waals surface area contributed by atoms with Crippen LogP contribution in [0.5, 0.6) is 5.75 Å². The van der Waals surface area contributed by atoms with Gasteiger partial charge in [-0.2, -0.15) is 0 Å². The molecule has 178 valence electrons. The van der Waals surface area contributed by atoms with Gasteiger partial charge in [-0.3, -0.25) is 9.69 Å². The minimum atomic E-state index is -0.690. The smallest absolute Gasteiger partial charge is 0.408 e. The van der Waals surface area contributed by atoms with Crippen molar-refractivity contribution in [1.29, 1.82) is 0 Å². The third kappa shape index (κ3) is 6.96. The van der Waals surface area contributed by atoms with Crippen molar-refractivity contribution in [2.24, 2.45) is 5.92 Å². The molecule has 1 aliphatic heterocycles. The number of benzene rings is 2. The molecule has 2 aromatic rings. The molecule has 0 aliphatic carbocycles. The lowest BCUT2D eigenvalue weighted by molar-refractivity contribution is -0.124. The fraction of sp³-hybridized carbons (Fsp3) is 0.462. The molecule has 1 unspecified atom stereocenters. The van der Waals surface area contributed by atoms with Crippen LogP contribution in [0.3, 0.4) is 0 Å². The number of para-hydroxylation sites is 1. The van der Waals surface area contributed by atoms with Crippen molar-refractivity contribution in [3.63, 3.8) is 0 Å². The fourth-order valence-corrected chi connectivity index (χ4v) is 4.16. The third-order valence-corrected chi connectivity index (χ3v) is 5.98. The van der Waals surface area contributed by atoms with Gasteiger partial charge >= 0.3 is 6.09 Å². The minimum Gasteiger partial charge on any atom is -0.496 e. The highest BCUT2D eigenvalue weighted by molar-refractivity contribution is 5.85. The second-order valence-electron chi connectivity index (χ2n) is 8.67. The van der Waals surface area contributed by atoms with Gasteiger partial charge in [-0.1, -0.05) is 62.4 Å².